The summed E-state index contributed by atoms with van der Waals surface area (Å²) in [7, 11) is 2.04. The monoisotopic (exact) mass is 277 g/mol. The highest BCUT2D eigenvalue weighted by atomic mass is 16.5. The van der Waals surface area contributed by atoms with Crippen molar-refractivity contribution in [2.75, 3.05) is 20.3 Å². The fraction of sp³-hybridized carbons (Fsp3) is 0.647. The van der Waals surface area contributed by atoms with Crippen LogP contribution in [0.25, 0.3) is 0 Å². The summed E-state index contributed by atoms with van der Waals surface area (Å²) in [6.45, 7) is 7.94. The summed E-state index contributed by atoms with van der Waals surface area (Å²) in [5, 5.41) is 3.49. The van der Waals surface area contributed by atoms with Gasteiger partial charge in [0.05, 0.1) is 12.7 Å². The van der Waals surface area contributed by atoms with E-state index in [1.807, 2.05) is 14.0 Å². The topological polar surface area (TPSA) is 30.5 Å². The van der Waals surface area contributed by atoms with Crippen molar-refractivity contribution >= 4 is 0 Å². The molecule has 0 aromatic heterocycles. The van der Waals surface area contributed by atoms with Gasteiger partial charge < -0.3 is 14.8 Å². The molecule has 3 unspecified atom stereocenters. The molecule has 1 fully saturated rings. The van der Waals surface area contributed by atoms with Crippen LogP contribution in [0, 0.1) is 12.8 Å². The lowest BCUT2D eigenvalue weighted by atomic mass is 9.86. The minimum absolute atomic E-state index is 0.295. The first-order valence-corrected chi connectivity index (χ1v) is 7.73. The van der Waals surface area contributed by atoms with Gasteiger partial charge in [-0.1, -0.05) is 24.6 Å². The van der Waals surface area contributed by atoms with E-state index in [-0.39, 0.29) is 0 Å². The van der Waals surface area contributed by atoms with Crippen LogP contribution in [0.15, 0.2) is 18.2 Å². The molecular formula is C17H27NO2. The first-order valence-electron chi connectivity index (χ1n) is 7.73. The fourth-order valence-corrected chi connectivity index (χ4v) is 3.26. The van der Waals surface area contributed by atoms with Crippen LogP contribution >= 0.6 is 0 Å². The number of benzene rings is 1. The van der Waals surface area contributed by atoms with E-state index >= 15 is 0 Å². The van der Waals surface area contributed by atoms with Crippen LogP contribution in [0.4, 0.5) is 0 Å². The smallest absolute Gasteiger partial charge is 0.124 e. The van der Waals surface area contributed by atoms with Gasteiger partial charge in [-0.05, 0) is 39.8 Å². The zero-order valence-corrected chi connectivity index (χ0v) is 13.1. The average molecular weight is 277 g/mol. The van der Waals surface area contributed by atoms with Crippen molar-refractivity contribution in [1.82, 2.24) is 5.32 Å². The average Bonchev–Trinajstić information content (AvgIpc) is 2.91. The summed E-state index contributed by atoms with van der Waals surface area (Å²) in [5.74, 6) is 1.52. The molecule has 20 heavy (non-hydrogen) atoms. The van der Waals surface area contributed by atoms with Gasteiger partial charge in [-0.3, -0.25) is 0 Å². The SMILES string of the molecule is CCOc1ccc(C)cc1C(NC)C1CCOC1CC. The van der Waals surface area contributed by atoms with E-state index in [0.717, 1.165) is 25.2 Å². The van der Waals surface area contributed by atoms with Gasteiger partial charge in [0, 0.05) is 24.1 Å². The summed E-state index contributed by atoms with van der Waals surface area (Å²) < 4.78 is 11.7. The van der Waals surface area contributed by atoms with Gasteiger partial charge in [-0.15, -0.1) is 0 Å². The number of nitrogens with one attached hydrogen (secondary N) is 1. The normalized spacial score (nSPS) is 23.8. The number of hydrogen-bond acceptors (Lipinski definition) is 3. The lowest BCUT2D eigenvalue weighted by Gasteiger charge is -2.29. The van der Waals surface area contributed by atoms with Crippen molar-refractivity contribution in [1.29, 1.82) is 0 Å². The first kappa shape index (κ1) is 15.3. The molecule has 0 amide bonds. The lowest BCUT2D eigenvalue weighted by molar-refractivity contribution is 0.0779. The number of ether oxygens (including phenoxy) is 2. The first-order chi connectivity index (χ1) is 9.71. The van der Waals surface area contributed by atoms with Gasteiger partial charge in [0.1, 0.15) is 5.75 Å². The molecular weight excluding hydrogens is 250 g/mol. The number of aryl methyl sites for hydroxylation is 1. The van der Waals surface area contributed by atoms with Crippen LogP contribution in [0.3, 0.4) is 0 Å². The number of hydrogen-bond donors (Lipinski definition) is 1. The van der Waals surface area contributed by atoms with Gasteiger partial charge in [0.25, 0.3) is 0 Å². The molecule has 1 aromatic carbocycles. The van der Waals surface area contributed by atoms with Crippen LogP contribution in [0.2, 0.25) is 0 Å². The minimum atomic E-state index is 0.295. The van der Waals surface area contributed by atoms with Gasteiger partial charge >= 0.3 is 0 Å². The van der Waals surface area contributed by atoms with Crippen molar-refractivity contribution in [2.45, 2.75) is 45.8 Å². The maximum atomic E-state index is 5.87. The van der Waals surface area contributed by atoms with Gasteiger partial charge in [0.15, 0.2) is 0 Å². The second-order valence-corrected chi connectivity index (χ2v) is 5.51. The standard InChI is InChI=1S/C17H27NO2/c1-5-15-13(9-10-20-15)17(18-4)14-11-12(3)7-8-16(14)19-6-2/h7-8,11,13,15,17-18H,5-6,9-10H2,1-4H3. The van der Waals surface area contributed by atoms with Crippen molar-refractivity contribution in [2.24, 2.45) is 5.92 Å². The van der Waals surface area contributed by atoms with Crippen LogP contribution in [0.5, 0.6) is 5.75 Å². The fourth-order valence-electron chi connectivity index (χ4n) is 3.26. The van der Waals surface area contributed by atoms with E-state index in [0.29, 0.717) is 24.7 Å². The third-order valence-electron chi connectivity index (χ3n) is 4.20. The van der Waals surface area contributed by atoms with E-state index in [9.17, 15) is 0 Å². The van der Waals surface area contributed by atoms with Gasteiger partial charge in [-0.25, -0.2) is 0 Å². The van der Waals surface area contributed by atoms with Crippen LogP contribution < -0.4 is 10.1 Å². The van der Waals surface area contributed by atoms with E-state index in [1.165, 1.54) is 11.1 Å². The van der Waals surface area contributed by atoms with Gasteiger partial charge in [0.2, 0.25) is 0 Å². The molecule has 1 aliphatic rings. The Morgan fingerprint density at radius 3 is 2.85 bits per heavy atom. The van der Waals surface area contributed by atoms with Crippen molar-refractivity contribution in [3.05, 3.63) is 29.3 Å². The molecule has 2 rings (SSSR count). The molecule has 112 valence electrons. The third-order valence-corrected chi connectivity index (χ3v) is 4.20. The van der Waals surface area contributed by atoms with E-state index < -0.39 is 0 Å². The predicted molar refractivity (Wildman–Crippen MR) is 82.3 cm³/mol. The van der Waals surface area contributed by atoms with Crippen LogP contribution in [-0.2, 0) is 4.74 Å². The highest BCUT2D eigenvalue weighted by molar-refractivity contribution is 5.39. The van der Waals surface area contributed by atoms with Crippen LogP contribution in [0.1, 0.15) is 43.9 Å². The van der Waals surface area contributed by atoms with Crippen LogP contribution in [-0.4, -0.2) is 26.4 Å². The molecule has 1 aliphatic heterocycles. The summed E-state index contributed by atoms with van der Waals surface area (Å²) in [5.41, 5.74) is 2.54. The Bertz CT molecular complexity index is 433. The molecule has 0 radical (unpaired) electrons. The summed E-state index contributed by atoms with van der Waals surface area (Å²) in [6, 6.07) is 6.75. The Morgan fingerprint density at radius 1 is 1.40 bits per heavy atom. The lowest BCUT2D eigenvalue weighted by Crippen LogP contribution is -2.31. The predicted octanol–water partition coefficient (Wildman–Crippen LogP) is 3.47. The molecule has 1 N–H and O–H groups in total. The molecule has 3 nitrogen and oxygen atoms in total. The quantitative estimate of drug-likeness (QED) is 0.863. The molecule has 1 heterocycles. The molecule has 0 aliphatic carbocycles. The Balaban J connectivity index is 2.32. The Morgan fingerprint density at radius 2 is 2.20 bits per heavy atom. The van der Waals surface area contributed by atoms with Gasteiger partial charge in [-0.2, -0.15) is 0 Å². The molecule has 0 bridgehead atoms. The van der Waals surface area contributed by atoms with Crippen molar-refractivity contribution in [3.63, 3.8) is 0 Å². The van der Waals surface area contributed by atoms with E-state index in [4.69, 9.17) is 9.47 Å². The maximum Gasteiger partial charge on any atom is 0.124 e. The Kier molecular flexibility index (Phi) is 5.44. The highest BCUT2D eigenvalue weighted by Gasteiger charge is 2.35. The molecule has 0 saturated carbocycles. The Labute approximate surface area is 122 Å². The van der Waals surface area contributed by atoms with Crippen molar-refractivity contribution in [3.8, 4) is 5.75 Å². The maximum absolute atomic E-state index is 5.87. The molecule has 1 saturated heterocycles. The second kappa shape index (κ2) is 7.09. The largest absolute Gasteiger partial charge is 0.494 e. The molecule has 3 atom stereocenters. The molecule has 1 aromatic rings. The van der Waals surface area contributed by atoms with E-state index in [2.05, 4.69) is 37.4 Å². The zero-order valence-electron chi connectivity index (χ0n) is 13.1. The summed E-state index contributed by atoms with van der Waals surface area (Å²) >= 11 is 0. The summed E-state index contributed by atoms with van der Waals surface area (Å²) in [4.78, 5) is 0. The Hall–Kier alpha value is -1.06. The third kappa shape index (κ3) is 3.15. The molecule has 3 heteroatoms. The van der Waals surface area contributed by atoms with E-state index in [1.54, 1.807) is 0 Å². The summed E-state index contributed by atoms with van der Waals surface area (Å²) in [6.07, 6.45) is 2.53. The number of rotatable bonds is 6. The zero-order chi connectivity index (χ0) is 14.5. The van der Waals surface area contributed by atoms with Crippen molar-refractivity contribution < 1.29 is 9.47 Å². The molecule has 0 spiro atoms. The second-order valence-electron chi connectivity index (χ2n) is 5.51. The minimum Gasteiger partial charge on any atom is -0.494 e. The highest BCUT2D eigenvalue weighted by Crippen LogP contribution is 2.38.